The normalized spacial score (nSPS) is 11.3. The van der Waals surface area contributed by atoms with Crippen LogP contribution in [-0.4, -0.2) is 15.7 Å². The molecule has 4 rings (SSSR count). The van der Waals surface area contributed by atoms with Crippen molar-refractivity contribution in [1.82, 2.24) is 9.78 Å². The SMILES string of the molecule is Cc1cc(OCc2ccc(C(=O)Nc3c(C)nn(Cc4ccc(Cl)cc4Cl)c3C)o2)c(C(C)C)cc1Cl. The summed E-state index contributed by atoms with van der Waals surface area (Å²) in [5.74, 6) is 1.34. The number of halogens is 3. The average molecular weight is 561 g/mol. The Bertz CT molecular complexity index is 1460. The summed E-state index contributed by atoms with van der Waals surface area (Å²) < 4.78 is 13.6. The van der Waals surface area contributed by atoms with E-state index in [1.807, 2.05) is 39.0 Å². The van der Waals surface area contributed by atoms with E-state index in [0.29, 0.717) is 38.8 Å². The zero-order chi connectivity index (χ0) is 26.9. The van der Waals surface area contributed by atoms with Gasteiger partial charge in [-0.3, -0.25) is 9.48 Å². The van der Waals surface area contributed by atoms with Gasteiger partial charge in [0.05, 0.1) is 23.6 Å². The molecule has 9 heteroatoms. The summed E-state index contributed by atoms with van der Waals surface area (Å²) in [6.07, 6.45) is 0. The summed E-state index contributed by atoms with van der Waals surface area (Å²) in [5.41, 5.74) is 4.94. The number of hydrogen-bond donors (Lipinski definition) is 1. The molecule has 1 amide bonds. The molecule has 0 spiro atoms. The fourth-order valence-corrected chi connectivity index (χ4v) is 4.63. The summed E-state index contributed by atoms with van der Waals surface area (Å²) in [4.78, 5) is 13.0. The Labute approximate surface area is 231 Å². The smallest absolute Gasteiger partial charge is 0.291 e. The van der Waals surface area contributed by atoms with E-state index in [1.165, 1.54) is 0 Å². The van der Waals surface area contributed by atoms with Gasteiger partial charge in [-0.15, -0.1) is 0 Å². The number of nitrogens with one attached hydrogen (secondary N) is 1. The van der Waals surface area contributed by atoms with Crippen molar-refractivity contribution in [2.24, 2.45) is 0 Å². The van der Waals surface area contributed by atoms with Gasteiger partial charge >= 0.3 is 0 Å². The standard InChI is InChI=1S/C28H28Cl3N3O3/c1-15(2)22-12-23(30)16(3)10-26(22)36-14-21-8-9-25(37-21)28(35)32-27-17(4)33-34(18(27)5)13-19-6-7-20(29)11-24(19)31/h6-12,15H,13-14H2,1-5H3,(H,32,35). The average Bonchev–Trinajstić information content (AvgIpc) is 3.41. The van der Waals surface area contributed by atoms with Crippen LogP contribution in [0.2, 0.25) is 15.1 Å². The molecule has 0 atom stereocenters. The number of ether oxygens (including phenoxy) is 1. The van der Waals surface area contributed by atoms with Crippen LogP contribution in [0.4, 0.5) is 5.69 Å². The predicted molar refractivity (Wildman–Crippen MR) is 149 cm³/mol. The number of benzene rings is 2. The van der Waals surface area contributed by atoms with Gasteiger partial charge in [-0.1, -0.05) is 54.7 Å². The van der Waals surface area contributed by atoms with Gasteiger partial charge in [0.25, 0.3) is 5.91 Å². The molecule has 2 aromatic carbocycles. The molecule has 0 aliphatic rings. The lowest BCUT2D eigenvalue weighted by Crippen LogP contribution is -2.12. The first-order chi connectivity index (χ1) is 17.5. The molecule has 0 saturated heterocycles. The molecule has 194 valence electrons. The predicted octanol–water partition coefficient (Wildman–Crippen LogP) is 8.36. The number of carbonyl (C=O) groups excluding carboxylic acids is 1. The van der Waals surface area contributed by atoms with Crippen molar-refractivity contribution >= 4 is 46.4 Å². The second kappa shape index (κ2) is 11.2. The van der Waals surface area contributed by atoms with Crippen molar-refractivity contribution in [2.75, 3.05) is 5.32 Å². The van der Waals surface area contributed by atoms with Crippen LogP contribution in [-0.2, 0) is 13.2 Å². The molecule has 0 aliphatic carbocycles. The molecule has 2 aromatic heterocycles. The fraction of sp³-hybridized carbons (Fsp3) is 0.286. The third kappa shape index (κ3) is 6.15. The molecule has 2 heterocycles. The fourth-order valence-electron chi connectivity index (χ4n) is 3.99. The van der Waals surface area contributed by atoms with Gasteiger partial charge in [-0.2, -0.15) is 5.10 Å². The van der Waals surface area contributed by atoms with Crippen molar-refractivity contribution in [2.45, 2.75) is 53.7 Å². The lowest BCUT2D eigenvalue weighted by atomic mass is 10.0. The van der Waals surface area contributed by atoms with Gasteiger partial charge in [0.15, 0.2) is 5.76 Å². The van der Waals surface area contributed by atoms with Gasteiger partial charge in [0.1, 0.15) is 18.1 Å². The zero-order valence-corrected chi connectivity index (χ0v) is 23.6. The van der Waals surface area contributed by atoms with E-state index in [9.17, 15) is 4.79 Å². The summed E-state index contributed by atoms with van der Waals surface area (Å²) >= 11 is 18.6. The topological polar surface area (TPSA) is 69.3 Å². The van der Waals surface area contributed by atoms with E-state index >= 15 is 0 Å². The van der Waals surface area contributed by atoms with Crippen LogP contribution >= 0.6 is 34.8 Å². The Morgan fingerprint density at radius 3 is 2.51 bits per heavy atom. The number of rotatable bonds is 8. The van der Waals surface area contributed by atoms with Crippen molar-refractivity contribution in [1.29, 1.82) is 0 Å². The van der Waals surface area contributed by atoms with Crippen LogP contribution in [0, 0.1) is 20.8 Å². The molecule has 1 N–H and O–H groups in total. The van der Waals surface area contributed by atoms with E-state index in [-0.39, 0.29) is 24.2 Å². The van der Waals surface area contributed by atoms with Crippen LogP contribution < -0.4 is 10.1 Å². The zero-order valence-electron chi connectivity index (χ0n) is 21.3. The van der Waals surface area contributed by atoms with Crippen molar-refractivity contribution in [3.8, 4) is 5.75 Å². The number of aromatic nitrogens is 2. The maximum Gasteiger partial charge on any atom is 0.291 e. The molecule has 0 saturated carbocycles. The van der Waals surface area contributed by atoms with Crippen LogP contribution in [0.15, 0.2) is 46.9 Å². The summed E-state index contributed by atoms with van der Waals surface area (Å²) in [7, 11) is 0. The Morgan fingerprint density at radius 2 is 1.81 bits per heavy atom. The molecular weight excluding hydrogens is 533 g/mol. The highest BCUT2D eigenvalue weighted by atomic mass is 35.5. The lowest BCUT2D eigenvalue weighted by Gasteiger charge is -2.15. The van der Waals surface area contributed by atoms with Crippen LogP contribution in [0.5, 0.6) is 5.75 Å². The van der Waals surface area contributed by atoms with Gasteiger partial charge in [0.2, 0.25) is 0 Å². The maximum atomic E-state index is 13.0. The lowest BCUT2D eigenvalue weighted by molar-refractivity contribution is 0.0992. The molecule has 37 heavy (non-hydrogen) atoms. The molecule has 6 nitrogen and oxygen atoms in total. The van der Waals surface area contributed by atoms with Crippen LogP contribution in [0.1, 0.15) is 64.2 Å². The van der Waals surface area contributed by atoms with Crippen molar-refractivity contribution in [3.63, 3.8) is 0 Å². The molecule has 0 unspecified atom stereocenters. The van der Waals surface area contributed by atoms with E-state index in [2.05, 4.69) is 24.3 Å². The number of hydrogen-bond acceptors (Lipinski definition) is 4. The largest absolute Gasteiger partial charge is 0.485 e. The van der Waals surface area contributed by atoms with Crippen molar-refractivity contribution < 1.29 is 13.9 Å². The Kier molecular flexibility index (Phi) is 8.22. The first-order valence-corrected chi connectivity index (χ1v) is 13.0. The van der Waals surface area contributed by atoms with Gasteiger partial charge in [0, 0.05) is 15.1 Å². The minimum absolute atomic E-state index is 0.183. The van der Waals surface area contributed by atoms with E-state index in [4.69, 9.17) is 44.0 Å². The highest BCUT2D eigenvalue weighted by molar-refractivity contribution is 6.35. The number of nitrogens with zero attached hydrogens (tertiary/aromatic N) is 2. The Balaban J connectivity index is 1.45. The first kappa shape index (κ1) is 27.1. The van der Waals surface area contributed by atoms with Crippen LogP contribution in [0.25, 0.3) is 0 Å². The Morgan fingerprint density at radius 1 is 1.05 bits per heavy atom. The molecular formula is C28H28Cl3N3O3. The molecule has 0 aliphatic heterocycles. The van der Waals surface area contributed by atoms with Gasteiger partial charge in [-0.25, -0.2) is 0 Å². The Hall–Kier alpha value is -2.93. The first-order valence-electron chi connectivity index (χ1n) is 11.8. The van der Waals surface area contributed by atoms with Gasteiger partial charge in [-0.05, 0) is 79.8 Å². The minimum Gasteiger partial charge on any atom is -0.485 e. The third-order valence-electron chi connectivity index (χ3n) is 6.12. The van der Waals surface area contributed by atoms with Crippen LogP contribution in [0.3, 0.4) is 0 Å². The molecule has 0 fully saturated rings. The maximum absolute atomic E-state index is 13.0. The van der Waals surface area contributed by atoms with E-state index in [1.54, 1.807) is 28.9 Å². The number of carbonyl (C=O) groups is 1. The number of aryl methyl sites for hydroxylation is 2. The number of furan rings is 1. The van der Waals surface area contributed by atoms with E-state index in [0.717, 1.165) is 28.1 Å². The monoisotopic (exact) mass is 559 g/mol. The minimum atomic E-state index is -0.369. The van der Waals surface area contributed by atoms with Gasteiger partial charge < -0.3 is 14.5 Å². The summed E-state index contributed by atoms with van der Waals surface area (Å²) in [6, 6.07) is 12.6. The molecule has 4 aromatic rings. The number of amides is 1. The van der Waals surface area contributed by atoms with E-state index < -0.39 is 0 Å². The summed E-state index contributed by atoms with van der Waals surface area (Å²) in [6.45, 7) is 10.5. The van der Waals surface area contributed by atoms with Crippen molar-refractivity contribution in [3.05, 3.63) is 97.1 Å². The third-order valence-corrected chi connectivity index (χ3v) is 7.12. The second-order valence-electron chi connectivity index (χ2n) is 9.24. The molecule has 0 bridgehead atoms. The quantitative estimate of drug-likeness (QED) is 0.235. The highest BCUT2D eigenvalue weighted by Crippen LogP contribution is 2.33. The summed E-state index contributed by atoms with van der Waals surface area (Å²) in [5, 5.41) is 9.33. The second-order valence-corrected chi connectivity index (χ2v) is 10.5. The highest BCUT2D eigenvalue weighted by Gasteiger charge is 2.19. The number of anilines is 1. The molecule has 0 radical (unpaired) electrons.